The van der Waals surface area contributed by atoms with Crippen LogP contribution >= 0.6 is 0 Å². The molecule has 0 spiro atoms. The molecule has 1 atom stereocenters. The van der Waals surface area contributed by atoms with Gasteiger partial charge in [0.15, 0.2) is 9.84 Å². The summed E-state index contributed by atoms with van der Waals surface area (Å²) >= 11 is 0. The van der Waals surface area contributed by atoms with Crippen LogP contribution in [-0.2, 0) is 25.4 Å². The van der Waals surface area contributed by atoms with Crippen molar-refractivity contribution in [2.45, 2.75) is 18.2 Å². The molecule has 0 saturated carbocycles. The highest BCUT2D eigenvalue weighted by Crippen LogP contribution is 2.21. The zero-order valence-electron chi connectivity index (χ0n) is 19.0. The van der Waals surface area contributed by atoms with E-state index in [1.165, 1.54) is 4.90 Å². The third-order valence-electron chi connectivity index (χ3n) is 5.05. The van der Waals surface area contributed by atoms with E-state index in [0.717, 1.165) is 29.0 Å². The predicted molar refractivity (Wildman–Crippen MR) is 131 cm³/mol. The molecular weight excluding hydrogens is 462 g/mol. The number of benzene rings is 2. The lowest BCUT2D eigenvalue weighted by molar-refractivity contribution is -0.129. The zero-order valence-corrected chi connectivity index (χ0v) is 20.6. The zero-order chi connectivity index (χ0) is 24.4. The van der Waals surface area contributed by atoms with E-state index in [1.807, 2.05) is 36.4 Å². The molecule has 0 radical (unpaired) electrons. The summed E-state index contributed by atoms with van der Waals surface area (Å²) in [6.07, 6.45) is 2.72. The third-order valence-corrected chi connectivity index (χ3v) is 7.60. The van der Waals surface area contributed by atoms with Gasteiger partial charge in [0.2, 0.25) is 5.91 Å². The SMILES string of the molecule is CCCN.CS(=O)c1ccc(-c2ccc(C(=O)NCC(=O)N3CCS(=O)(=O)CC3)cc2)cc1. The second kappa shape index (κ2) is 12.6. The molecule has 1 aliphatic heterocycles. The molecule has 1 fully saturated rings. The standard InChI is InChI=1S/C20H22N2O5S2.C3H9N/c1-28(25)18-8-6-16(7-9-18)15-2-4-17(5-3-15)20(24)21-14-19(23)22-10-12-29(26,27)13-11-22;1-2-3-4/h2-9H,10-14H2,1H3,(H,21,24);2-4H2,1H3. The summed E-state index contributed by atoms with van der Waals surface area (Å²) in [4.78, 5) is 26.7. The maximum absolute atomic E-state index is 12.3. The van der Waals surface area contributed by atoms with E-state index in [0.29, 0.717) is 5.56 Å². The van der Waals surface area contributed by atoms with Crippen molar-refractivity contribution in [3.8, 4) is 11.1 Å². The van der Waals surface area contributed by atoms with Crippen LogP contribution in [0.25, 0.3) is 11.1 Å². The fourth-order valence-electron chi connectivity index (χ4n) is 2.98. The first-order valence-corrected chi connectivity index (χ1v) is 14.0. The van der Waals surface area contributed by atoms with Crippen LogP contribution in [-0.4, -0.2) is 73.3 Å². The van der Waals surface area contributed by atoms with Crippen molar-refractivity contribution in [3.63, 3.8) is 0 Å². The van der Waals surface area contributed by atoms with Crippen molar-refractivity contribution in [1.82, 2.24) is 10.2 Å². The fraction of sp³-hybridized carbons (Fsp3) is 0.391. The molecule has 3 N–H and O–H groups in total. The van der Waals surface area contributed by atoms with Crippen LogP contribution in [0.1, 0.15) is 23.7 Å². The molecule has 3 rings (SSSR count). The first-order valence-electron chi connectivity index (χ1n) is 10.7. The summed E-state index contributed by atoms with van der Waals surface area (Å²) in [6.45, 7) is 3.03. The van der Waals surface area contributed by atoms with Gasteiger partial charge in [-0.25, -0.2) is 8.42 Å². The van der Waals surface area contributed by atoms with Gasteiger partial charge in [0.1, 0.15) is 0 Å². The largest absolute Gasteiger partial charge is 0.343 e. The summed E-state index contributed by atoms with van der Waals surface area (Å²) in [5, 5.41) is 2.58. The third kappa shape index (κ3) is 8.38. The number of carbonyl (C=O) groups is 2. The van der Waals surface area contributed by atoms with E-state index < -0.39 is 20.6 Å². The lowest BCUT2D eigenvalue weighted by Gasteiger charge is -2.26. The van der Waals surface area contributed by atoms with Crippen molar-refractivity contribution in [1.29, 1.82) is 0 Å². The van der Waals surface area contributed by atoms with E-state index in [2.05, 4.69) is 12.2 Å². The molecule has 2 amide bonds. The number of carbonyl (C=O) groups excluding carboxylic acids is 2. The highest BCUT2D eigenvalue weighted by molar-refractivity contribution is 7.91. The van der Waals surface area contributed by atoms with E-state index >= 15 is 0 Å². The number of nitrogens with zero attached hydrogens (tertiary/aromatic N) is 1. The van der Waals surface area contributed by atoms with Gasteiger partial charge in [0.25, 0.3) is 5.91 Å². The van der Waals surface area contributed by atoms with Crippen LogP contribution in [0.5, 0.6) is 0 Å². The smallest absolute Gasteiger partial charge is 0.251 e. The summed E-state index contributed by atoms with van der Waals surface area (Å²) in [5.74, 6) is -0.739. The molecule has 1 saturated heterocycles. The van der Waals surface area contributed by atoms with Crippen LogP contribution < -0.4 is 11.1 Å². The summed E-state index contributed by atoms with van der Waals surface area (Å²) in [6, 6.07) is 14.3. The number of hydrogen-bond donors (Lipinski definition) is 2. The molecule has 10 heteroatoms. The number of rotatable bonds is 6. The molecule has 8 nitrogen and oxygen atoms in total. The summed E-state index contributed by atoms with van der Waals surface area (Å²) < 4.78 is 34.3. The van der Waals surface area contributed by atoms with Gasteiger partial charge in [0, 0.05) is 40.6 Å². The fourth-order valence-corrected chi connectivity index (χ4v) is 4.71. The summed E-state index contributed by atoms with van der Waals surface area (Å²) in [5.41, 5.74) is 7.32. The van der Waals surface area contributed by atoms with E-state index in [1.54, 1.807) is 18.4 Å². The highest BCUT2D eigenvalue weighted by atomic mass is 32.2. The molecule has 1 unspecified atom stereocenters. The number of sulfone groups is 1. The van der Waals surface area contributed by atoms with Gasteiger partial charge in [-0.05, 0) is 48.4 Å². The molecule has 0 aromatic heterocycles. The maximum atomic E-state index is 12.3. The molecule has 180 valence electrons. The number of amides is 2. The Morgan fingerprint density at radius 1 is 1.00 bits per heavy atom. The molecule has 1 heterocycles. The van der Waals surface area contributed by atoms with Gasteiger partial charge in [-0.2, -0.15) is 0 Å². The molecular formula is C23H31N3O5S2. The maximum Gasteiger partial charge on any atom is 0.251 e. The van der Waals surface area contributed by atoms with Gasteiger partial charge < -0.3 is 16.0 Å². The minimum atomic E-state index is -3.05. The van der Waals surface area contributed by atoms with E-state index in [4.69, 9.17) is 5.73 Å². The number of nitrogens with one attached hydrogen (secondary N) is 1. The van der Waals surface area contributed by atoms with Crippen LogP contribution in [0.15, 0.2) is 53.4 Å². The predicted octanol–water partition coefficient (Wildman–Crippen LogP) is 1.43. The number of hydrogen-bond acceptors (Lipinski definition) is 6. The van der Waals surface area contributed by atoms with Crippen molar-refractivity contribution in [2.75, 3.05) is 43.9 Å². The normalized spacial score (nSPS) is 15.7. The van der Waals surface area contributed by atoms with Crippen molar-refractivity contribution < 1.29 is 22.2 Å². The highest BCUT2D eigenvalue weighted by Gasteiger charge is 2.25. The molecule has 2 aromatic rings. The minimum absolute atomic E-state index is 0.0384. The topological polar surface area (TPSA) is 127 Å². The molecule has 0 aliphatic carbocycles. The Bertz CT molecular complexity index is 1050. The minimum Gasteiger partial charge on any atom is -0.343 e. The van der Waals surface area contributed by atoms with Crippen molar-refractivity contribution >= 4 is 32.5 Å². The van der Waals surface area contributed by atoms with Crippen LogP contribution in [0.4, 0.5) is 0 Å². The Hall–Kier alpha value is -2.56. The number of nitrogens with two attached hydrogens (primary N) is 1. The Labute approximate surface area is 197 Å². The molecule has 2 aromatic carbocycles. The van der Waals surface area contributed by atoms with Gasteiger partial charge in [-0.15, -0.1) is 0 Å². The average molecular weight is 494 g/mol. The van der Waals surface area contributed by atoms with Gasteiger partial charge in [-0.3, -0.25) is 13.8 Å². The Balaban J connectivity index is 0.000000890. The van der Waals surface area contributed by atoms with E-state index in [9.17, 15) is 22.2 Å². The van der Waals surface area contributed by atoms with Gasteiger partial charge in [0.05, 0.1) is 18.1 Å². The molecule has 1 aliphatic rings. The monoisotopic (exact) mass is 493 g/mol. The van der Waals surface area contributed by atoms with Crippen molar-refractivity contribution in [2.24, 2.45) is 5.73 Å². The Morgan fingerprint density at radius 2 is 1.48 bits per heavy atom. The lowest BCUT2D eigenvalue weighted by Crippen LogP contribution is -2.47. The Morgan fingerprint density at radius 3 is 1.94 bits per heavy atom. The van der Waals surface area contributed by atoms with Crippen molar-refractivity contribution in [3.05, 3.63) is 54.1 Å². The lowest BCUT2D eigenvalue weighted by atomic mass is 10.0. The van der Waals surface area contributed by atoms with Crippen LogP contribution in [0, 0.1) is 0 Å². The molecule has 0 bridgehead atoms. The first kappa shape index (κ1) is 26.7. The summed E-state index contributed by atoms with van der Waals surface area (Å²) in [7, 11) is -4.08. The second-order valence-corrected chi connectivity index (χ2v) is 11.2. The second-order valence-electron chi connectivity index (χ2n) is 7.56. The van der Waals surface area contributed by atoms with E-state index in [-0.39, 0.29) is 43.0 Å². The van der Waals surface area contributed by atoms with Crippen LogP contribution in [0.3, 0.4) is 0 Å². The molecule has 33 heavy (non-hydrogen) atoms. The van der Waals surface area contributed by atoms with Crippen LogP contribution in [0.2, 0.25) is 0 Å². The quantitative estimate of drug-likeness (QED) is 0.627. The van der Waals surface area contributed by atoms with Gasteiger partial charge >= 0.3 is 0 Å². The Kier molecular flexibility index (Phi) is 10.2. The first-order chi connectivity index (χ1) is 15.7. The average Bonchev–Trinajstić information content (AvgIpc) is 2.82. The van der Waals surface area contributed by atoms with Gasteiger partial charge in [-0.1, -0.05) is 31.2 Å².